The molecule has 4 aromatic rings. The van der Waals surface area contributed by atoms with E-state index >= 15 is 0 Å². The maximum Gasteiger partial charge on any atom is 0.294 e. The molecule has 4 nitrogen and oxygen atoms in total. The largest absolute Gasteiger partial charge is 0.424 e. The molecule has 1 aromatic heterocycles. The number of para-hydroxylation sites is 1. The second-order valence-corrected chi connectivity index (χ2v) is 5.48. The molecule has 4 heteroatoms. The van der Waals surface area contributed by atoms with E-state index in [1.54, 1.807) is 18.2 Å². The van der Waals surface area contributed by atoms with Gasteiger partial charge in [0, 0.05) is 6.42 Å². The van der Waals surface area contributed by atoms with Crippen LogP contribution < -0.4 is 5.56 Å². The summed E-state index contributed by atoms with van der Waals surface area (Å²) in [5.41, 5.74) is 1.18. The van der Waals surface area contributed by atoms with Gasteiger partial charge in [-0.15, -0.1) is 4.73 Å². The van der Waals surface area contributed by atoms with E-state index in [2.05, 4.69) is 4.98 Å². The highest BCUT2D eigenvalue weighted by atomic mass is 16.5. The Kier molecular flexibility index (Phi) is 3.08. The number of hydrogen-bond donors (Lipinski definition) is 1. The van der Waals surface area contributed by atoms with E-state index in [0.29, 0.717) is 27.9 Å². The topological polar surface area (TPSA) is 55.1 Å². The molecule has 3 aromatic carbocycles. The molecule has 4 rings (SSSR count). The summed E-state index contributed by atoms with van der Waals surface area (Å²) >= 11 is 0. The number of rotatable bonds is 2. The molecule has 0 fully saturated rings. The number of aromatic nitrogens is 2. The smallest absolute Gasteiger partial charge is 0.294 e. The lowest BCUT2D eigenvalue weighted by Crippen LogP contribution is -2.23. The fourth-order valence-corrected chi connectivity index (χ4v) is 2.90. The van der Waals surface area contributed by atoms with Crippen LogP contribution in [0.3, 0.4) is 0 Å². The van der Waals surface area contributed by atoms with Gasteiger partial charge in [0.15, 0.2) is 5.82 Å². The van der Waals surface area contributed by atoms with Gasteiger partial charge in [-0.3, -0.25) is 4.79 Å². The Bertz CT molecular complexity index is 1080. The minimum Gasteiger partial charge on any atom is -0.424 e. The van der Waals surface area contributed by atoms with Gasteiger partial charge in [0.2, 0.25) is 0 Å². The Balaban J connectivity index is 1.90. The normalized spacial score (nSPS) is 11.1. The minimum atomic E-state index is -0.439. The zero-order valence-electron chi connectivity index (χ0n) is 12.3. The van der Waals surface area contributed by atoms with Gasteiger partial charge in [0.25, 0.3) is 5.56 Å². The van der Waals surface area contributed by atoms with E-state index < -0.39 is 5.56 Å². The molecule has 1 heterocycles. The summed E-state index contributed by atoms with van der Waals surface area (Å²) in [6, 6.07) is 21.1. The van der Waals surface area contributed by atoms with Gasteiger partial charge in [-0.25, -0.2) is 4.98 Å². The van der Waals surface area contributed by atoms with Crippen LogP contribution in [0.25, 0.3) is 21.7 Å². The highest BCUT2D eigenvalue weighted by Crippen LogP contribution is 2.21. The lowest BCUT2D eigenvalue weighted by Gasteiger charge is -2.09. The average Bonchev–Trinajstić information content (AvgIpc) is 2.60. The number of hydrogen-bond acceptors (Lipinski definition) is 3. The standard InChI is InChI=1S/C19H14N2O2/c22-19-16-10-3-4-11-17(16)20-18(21(19)23)12-14-8-5-7-13-6-1-2-9-15(13)14/h1-11,23H,12H2. The Morgan fingerprint density at radius 2 is 1.57 bits per heavy atom. The highest BCUT2D eigenvalue weighted by molar-refractivity contribution is 5.86. The van der Waals surface area contributed by atoms with Crippen LogP contribution in [0.1, 0.15) is 11.4 Å². The highest BCUT2D eigenvalue weighted by Gasteiger charge is 2.11. The predicted molar refractivity (Wildman–Crippen MR) is 89.9 cm³/mol. The first-order valence-electron chi connectivity index (χ1n) is 7.40. The first-order chi connectivity index (χ1) is 11.2. The van der Waals surface area contributed by atoms with Gasteiger partial charge in [-0.1, -0.05) is 54.6 Å². The molecule has 112 valence electrons. The molecule has 0 amide bonds. The van der Waals surface area contributed by atoms with Crippen molar-refractivity contribution in [3.8, 4) is 0 Å². The van der Waals surface area contributed by atoms with E-state index in [1.165, 1.54) is 0 Å². The summed E-state index contributed by atoms with van der Waals surface area (Å²) in [5.74, 6) is 0.338. The molecule has 0 saturated heterocycles. The Morgan fingerprint density at radius 1 is 0.870 bits per heavy atom. The monoisotopic (exact) mass is 302 g/mol. The lowest BCUT2D eigenvalue weighted by molar-refractivity contribution is 0.164. The summed E-state index contributed by atoms with van der Waals surface area (Å²) in [7, 11) is 0. The first-order valence-corrected chi connectivity index (χ1v) is 7.40. The number of nitrogens with zero attached hydrogens (tertiary/aromatic N) is 2. The van der Waals surface area contributed by atoms with Crippen LogP contribution in [0.15, 0.2) is 71.5 Å². The van der Waals surface area contributed by atoms with E-state index in [4.69, 9.17) is 0 Å². The van der Waals surface area contributed by atoms with Crippen LogP contribution in [0.2, 0.25) is 0 Å². The Hall–Kier alpha value is -3.14. The van der Waals surface area contributed by atoms with Crippen molar-refractivity contribution in [2.24, 2.45) is 0 Å². The summed E-state index contributed by atoms with van der Waals surface area (Å²) < 4.78 is 0.657. The third-order valence-corrected chi connectivity index (χ3v) is 4.05. The van der Waals surface area contributed by atoms with Crippen LogP contribution >= 0.6 is 0 Å². The first kappa shape index (κ1) is 13.5. The molecular weight excluding hydrogens is 288 g/mol. The molecule has 0 radical (unpaired) electrons. The zero-order valence-corrected chi connectivity index (χ0v) is 12.3. The van der Waals surface area contributed by atoms with Crippen LogP contribution in [-0.4, -0.2) is 14.9 Å². The summed E-state index contributed by atoms with van der Waals surface area (Å²) in [6.45, 7) is 0. The van der Waals surface area contributed by atoms with Crippen LogP contribution in [0.5, 0.6) is 0 Å². The van der Waals surface area contributed by atoms with Crippen molar-refractivity contribution in [1.29, 1.82) is 0 Å². The molecule has 0 spiro atoms. The summed E-state index contributed by atoms with van der Waals surface area (Å²) in [4.78, 5) is 16.7. The van der Waals surface area contributed by atoms with E-state index in [9.17, 15) is 10.0 Å². The zero-order chi connectivity index (χ0) is 15.8. The maximum atomic E-state index is 12.3. The second-order valence-electron chi connectivity index (χ2n) is 5.48. The number of fused-ring (bicyclic) bond motifs is 2. The lowest BCUT2D eigenvalue weighted by atomic mass is 10.0. The van der Waals surface area contributed by atoms with E-state index in [-0.39, 0.29) is 0 Å². The van der Waals surface area contributed by atoms with Crippen molar-refractivity contribution in [3.63, 3.8) is 0 Å². The molecule has 0 aliphatic carbocycles. The van der Waals surface area contributed by atoms with Crippen LogP contribution in [-0.2, 0) is 6.42 Å². The van der Waals surface area contributed by atoms with Crippen molar-refractivity contribution < 1.29 is 5.21 Å². The van der Waals surface area contributed by atoms with Crippen LogP contribution in [0.4, 0.5) is 0 Å². The van der Waals surface area contributed by atoms with Gasteiger partial charge in [0.1, 0.15) is 0 Å². The minimum absolute atomic E-state index is 0.338. The van der Waals surface area contributed by atoms with Gasteiger partial charge >= 0.3 is 0 Å². The molecule has 0 aliphatic rings. The fraction of sp³-hybridized carbons (Fsp3) is 0.0526. The molecule has 0 saturated carbocycles. The van der Waals surface area contributed by atoms with Gasteiger partial charge < -0.3 is 5.21 Å². The average molecular weight is 302 g/mol. The third-order valence-electron chi connectivity index (χ3n) is 4.05. The summed E-state index contributed by atoms with van der Waals surface area (Å²) in [6.07, 6.45) is 0.387. The van der Waals surface area contributed by atoms with Crippen LogP contribution in [0, 0.1) is 0 Å². The second kappa shape index (κ2) is 5.25. The quantitative estimate of drug-likeness (QED) is 0.578. The molecule has 23 heavy (non-hydrogen) atoms. The predicted octanol–water partition coefficient (Wildman–Crippen LogP) is 3.38. The van der Waals surface area contributed by atoms with E-state index in [1.807, 2.05) is 48.5 Å². The molecule has 0 unspecified atom stereocenters. The van der Waals surface area contributed by atoms with Crippen molar-refractivity contribution in [1.82, 2.24) is 9.71 Å². The fourth-order valence-electron chi connectivity index (χ4n) is 2.90. The van der Waals surface area contributed by atoms with Crippen molar-refractivity contribution >= 4 is 21.7 Å². The Labute approximate surface area is 132 Å². The SMILES string of the molecule is O=c1c2ccccc2nc(Cc2cccc3ccccc23)n1O. The number of benzene rings is 3. The molecule has 0 aliphatic heterocycles. The van der Waals surface area contributed by atoms with E-state index in [0.717, 1.165) is 16.3 Å². The Morgan fingerprint density at radius 3 is 2.43 bits per heavy atom. The van der Waals surface area contributed by atoms with Gasteiger partial charge in [-0.05, 0) is 28.5 Å². The van der Waals surface area contributed by atoms with Gasteiger partial charge in [-0.2, -0.15) is 0 Å². The van der Waals surface area contributed by atoms with Gasteiger partial charge in [0.05, 0.1) is 10.9 Å². The molecule has 0 atom stereocenters. The molecule has 1 N–H and O–H groups in total. The van der Waals surface area contributed by atoms with Crippen molar-refractivity contribution in [2.75, 3.05) is 0 Å². The van der Waals surface area contributed by atoms with Crippen molar-refractivity contribution in [3.05, 3.63) is 88.5 Å². The molecule has 0 bridgehead atoms. The summed E-state index contributed by atoms with van der Waals surface area (Å²) in [5, 5.41) is 12.8. The maximum absolute atomic E-state index is 12.3. The third kappa shape index (κ3) is 2.25. The van der Waals surface area contributed by atoms with Crippen molar-refractivity contribution in [2.45, 2.75) is 6.42 Å². The molecular formula is C19H14N2O2.